The number of ether oxygens (including phenoxy) is 1. The van der Waals surface area contributed by atoms with E-state index < -0.39 is 0 Å². The van der Waals surface area contributed by atoms with Gasteiger partial charge in [-0.1, -0.05) is 25.1 Å². The molecule has 1 aliphatic rings. The standard InChI is InChI=1S/C25H32N2O3/c1-3-23(20-11-13-25(4-2,17-20)18-28)27-24(29)19-8-7-10-22(16-19)30-15-12-21-9-5-6-14-26-21/h3,5-10,14,16,20,23,28H,1,4,11-13,15,17-18H2,2H3,(H,27,29). The quantitative estimate of drug-likeness (QED) is 0.579. The van der Waals surface area contributed by atoms with Gasteiger partial charge in [0.1, 0.15) is 5.75 Å². The molecule has 5 heteroatoms. The maximum Gasteiger partial charge on any atom is 0.251 e. The second kappa shape index (κ2) is 10.4. The lowest BCUT2D eigenvalue weighted by atomic mass is 9.82. The molecular formula is C25H32N2O3. The Labute approximate surface area is 179 Å². The number of benzene rings is 1. The van der Waals surface area contributed by atoms with E-state index in [1.807, 2.05) is 36.4 Å². The van der Waals surface area contributed by atoms with Gasteiger partial charge >= 0.3 is 0 Å². The Balaban J connectivity index is 1.57. The van der Waals surface area contributed by atoms with Gasteiger partial charge in [0.2, 0.25) is 0 Å². The number of hydrogen-bond donors (Lipinski definition) is 2. The zero-order chi connectivity index (χ0) is 21.4. The second-order valence-electron chi connectivity index (χ2n) is 8.20. The van der Waals surface area contributed by atoms with E-state index in [-0.39, 0.29) is 24.0 Å². The van der Waals surface area contributed by atoms with Gasteiger partial charge in [-0.2, -0.15) is 0 Å². The summed E-state index contributed by atoms with van der Waals surface area (Å²) in [7, 11) is 0. The molecule has 1 aromatic heterocycles. The molecule has 30 heavy (non-hydrogen) atoms. The molecule has 0 saturated heterocycles. The Morgan fingerprint density at radius 2 is 2.27 bits per heavy atom. The van der Waals surface area contributed by atoms with Crippen LogP contribution in [0.15, 0.2) is 61.3 Å². The molecule has 1 aromatic carbocycles. The smallest absolute Gasteiger partial charge is 0.251 e. The Hall–Kier alpha value is -2.66. The van der Waals surface area contributed by atoms with Gasteiger partial charge in [0, 0.05) is 30.5 Å². The van der Waals surface area contributed by atoms with Crippen LogP contribution >= 0.6 is 0 Å². The summed E-state index contributed by atoms with van der Waals surface area (Å²) in [4.78, 5) is 17.1. The van der Waals surface area contributed by atoms with Crippen molar-refractivity contribution in [3.63, 3.8) is 0 Å². The first kappa shape index (κ1) is 22.0. The van der Waals surface area contributed by atoms with Crippen LogP contribution < -0.4 is 10.1 Å². The zero-order valence-corrected chi connectivity index (χ0v) is 17.7. The van der Waals surface area contributed by atoms with Crippen molar-refractivity contribution in [2.45, 2.75) is 45.1 Å². The summed E-state index contributed by atoms with van der Waals surface area (Å²) in [6, 6.07) is 13.0. The van der Waals surface area contributed by atoms with Crippen molar-refractivity contribution in [3.05, 3.63) is 72.6 Å². The molecule has 1 heterocycles. The molecule has 3 unspecified atom stereocenters. The number of hydrogen-bond acceptors (Lipinski definition) is 4. The molecule has 1 fully saturated rings. The van der Waals surface area contributed by atoms with Crippen LogP contribution in [-0.2, 0) is 6.42 Å². The highest BCUT2D eigenvalue weighted by Gasteiger charge is 2.40. The number of carbonyl (C=O) groups excluding carboxylic acids is 1. The number of aliphatic hydroxyl groups excluding tert-OH is 1. The minimum Gasteiger partial charge on any atom is -0.493 e. The number of rotatable bonds is 10. The van der Waals surface area contributed by atoms with Gasteiger partial charge in [0.05, 0.1) is 12.6 Å². The van der Waals surface area contributed by atoms with Crippen molar-refractivity contribution >= 4 is 5.91 Å². The van der Waals surface area contributed by atoms with E-state index in [9.17, 15) is 9.90 Å². The van der Waals surface area contributed by atoms with Gasteiger partial charge < -0.3 is 15.2 Å². The average molecular weight is 409 g/mol. The third kappa shape index (κ3) is 5.48. The maximum atomic E-state index is 12.8. The van der Waals surface area contributed by atoms with E-state index in [4.69, 9.17) is 4.74 Å². The molecule has 160 valence electrons. The maximum absolute atomic E-state index is 12.8. The van der Waals surface area contributed by atoms with E-state index in [2.05, 4.69) is 23.8 Å². The van der Waals surface area contributed by atoms with Gasteiger partial charge in [-0.25, -0.2) is 0 Å². The molecule has 0 radical (unpaired) electrons. The number of amides is 1. The summed E-state index contributed by atoms with van der Waals surface area (Å²) < 4.78 is 5.82. The SMILES string of the molecule is C=CC(NC(=O)c1cccc(OCCc2ccccn2)c1)C1CCC(CC)(CO)C1. The van der Waals surface area contributed by atoms with Crippen LogP contribution in [0.2, 0.25) is 0 Å². The summed E-state index contributed by atoms with van der Waals surface area (Å²) >= 11 is 0. The van der Waals surface area contributed by atoms with Gasteiger partial charge in [-0.3, -0.25) is 9.78 Å². The fourth-order valence-electron chi connectivity index (χ4n) is 4.29. The highest BCUT2D eigenvalue weighted by Crippen LogP contribution is 2.45. The van der Waals surface area contributed by atoms with Crippen molar-refractivity contribution in [3.8, 4) is 5.75 Å². The monoisotopic (exact) mass is 408 g/mol. The van der Waals surface area contributed by atoms with E-state index >= 15 is 0 Å². The zero-order valence-electron chi connectivity index (χ0n) is 17.7. The van der Waals surface area contributed by atoms with Crippen LogP contribution in [0.3, 0.4) is 0 Å². The molecule has 3 atom stereocenters. The van der Waals surface area contributed by atoms with Crippen molar-refractivity contribution in [2.75, 3.05) is 13.2 Å². The van der Waals surface area contributed by atoms with Gasteiger partial charge in [-0.05, 0) is 67.3 Å². The van der Waals surface area contributed by atoms with Gasteiger partial charge in [-0.15, -0.1) is 6.58 Å². The van der Waals surface area contributed by atoms with E-state index in [0.29, 0.717) is 30.3 Å². The number of pyridine rings is 1. The summed E-state index contributed by atoms with van der Waals surface area (Å²) in [5, 5.41) is 12.9. The van der Waals surface area contributed by atoms with E-state index in [1.165, 1.54) is 0 Å². The Morgan fingerprint density at radius 1 is 1.40 bits per heavy atom. The van der Waals surface area contributed by atoms with Crippen molar-refractivity contribution in [1.82, 2.24) is 10.3 Å². The molecule has 0 aliphatic heterocycles. The summed E-state index contributed by atoms with van der Waals surface area (Å²) in [5.41, 5.74) is 1.53. The fraction of sp³-hybridized carbons (Fsp3) is 0.440. The average Bonchev–Trinajstić information content (AvgIpc) is 3.23. The highest BCUT2D eigenvalue weighted by molar-refractivity contribution is 5.94. The van der Waals surface area contributed by atoms with Crippen LogP contribution in [0, 0.1) is 11.3 Å². The first-order valence-corrected chi connectivity index (χ1v) is 10.8. The molecule has 1 saturated carbocycles. The first-order chi connectivity index (χ1) is 14.6. The number of aromatic nitrogens is 1. The predicted molar refractivity (Wildman–Crippen MR) is 118 cm³/mol. The number of nitrogens with zero attached hydrogens (tertiary/aromatic N) is 1. The lowest BCUT2D eigenvalue weighted by Crippen LogP contribution is -2.38. The van der Waals surface area contributed by atoms with Gasteiger partial charge in [0.15, 0.2) is 0 Å². The number of aliphatic hydroxyl groups is 1. The summed E-state index contributed by atoms with van der Waals surface area (Å²) in [5.74, 6) is 0.837. The van der Waals surface area contributed by atoms with Crippen LogP contribution in [0.4, 0.5) is 0 Å². The van der Waals surface area contributed by atoms with E-state index in [0.717, 1.165) is 31.4 Å². The minimum absolute atomic E-state index is 0.0159. The van der Waals surface area contributed by atoms with Crippen LogP contribution in [0.1, 0.15) is 48.7 Å². The number of carbonyl (C=O) groups is 1. The van der Waals surface area contributed by atoms with Crippen molar-refractivity contribution in [2.24, 2.45) is 11.3 Å². The molecule has 1 aliphatic carbocycles. The van der Waals surface area contributed by atoms with E-state index in [1.54, 1.807) is 18.3 Å². The summed E-state index contributed by atoms with van der Waals surface area (Å²) in [6.07, 6.45) is 8.14. The molecule has 3 rings (SSSR count). The third-order valence-corrected chi connectivity index (χ3v) is 6.33. The third-order valence-electron chi connectivity index (χ3n) is 6.33. The largest absolute Gasteiger partial charge is 0.493 e. The molecule has 1 amide bonds. The Kier molecular flexibility index (Phi) is 7.63. The van der Waals surface area contributed by atoms with Gasteiger partial charge in [0.25, 0.3) is 5.91 Å². The lowest BCUT2D eigenvalue weighted by Gasteiger charge is -2.27. The molecule has 2 N–H and O–H groups in total. The fourth-order valence-corrected chi connectivity index (χ4v) is 4.29. The lowest BCUT2D eigenvalue weighted by molar-refractivity contribution is 0.0923. The molecule has 2 aromatic rings. The molecular weight excluding hydrogens is 376 g/mol. The Bertz CT molecular complexity index is 833. The molecule has 0 bridgehead atoms. The van der Waals surface area contributed by atoms with Crippen molar-refractivity contribution < 1.29 is 14.6 Å². The second-order valence-corrected chi connectivity index (χ2v) is 8.20. The minimum atomic E-state index is -0.131. The number of nitrogens with one attached hydrogen (secondary N) is 1. The van der Waals surface area contributed by atoms with Crippen LogP contribution in [0.25, 0.3) is 0 Å². The van der Waals surface area contributed by atoms with Crippen LogP contribution in [-0.4, -0.2) is 35.3 Å². The predicted octanol–water partition coefficient (Wildman–Crippen LogP) is 4.18. The topological polar surface area (TPSA) is 71.5 Å². The Morgan fingerprint density at radius 3 is 2.93 bits per heavy atom. The van der Waals surface area contributed by atoms with Crippen LogP contribution in [0.5, 0.6) is 5.75 Å². The summed E-state index contributed by atoms with van der Waals surface area (Å²) in [6.45, 7) is 6.76. The normalized spacial score (nSPS) is 21.7. The molecule has 0 spiro atoms. The first-order valence-electron chi connectivity index (χ1n) is 10.8. The highest BCUT2D eigenvalue weighted by atomic mass is 16.5. The van der Waals surface area contributed by atoms with Crippen molar-refractivity contribution in [1.29, 1.82) is 0 Å². The molecule has 5 nitrogen and oxygen atoms in total.